The van der Waals surface area contributed by atoms with E-state index in [0.717, 1.165) is 10.9 Å². The maximum atomic E-state index is 12.7. The van der Waals surface area contributed by atoms with Gasteiger partial charge in [-0.25, -0.2) is 9.59 Å². The summed E-state index contributed by atoms with van der Waals surface area (Å²) in [6, 6.07) is 7.19. The number of rotatable bonds is 8. The lowest BCUT2D eigenvalue weighted by atomic mass is 10.00. The Morgan fingerprint density at radius 1 is 1.14 bits per heavy atom. The van der Waals surface area contributed by atoms with Gasteiger partial charge in [-0.3, -0.25) is 4.79 Å². The summed E-state index contributed by atoms with van der Waals surface area (Å²) >= 11 is 0. The first kappa shape index (κ1) is 23.9. The summed E-state index contributed by atoms with van der Waals surface area (Å²) in [5, 5.41) is 23.4. The van der Waals surface area contributed by atoms with E-state index < -0.39 is 23.5 Å². The second-order valence-electron chi connectivity index (χ2n) is 8.47. The number of aromatic hydroxyl groups is 1. The number of carboxylic acid groups (broad SMARTS) is 1. The number of H-pyrrole nitrogens is 1. The van der Waals surface area contributed by atoms with Gasteiger partial charge in [0.25, 0.3) is 0 Å². The number of aromatic nitrogens is 1. The molecule has 0 aliphatic heterocycles. The van der Waals surface area contributed by atoms with E-state index >= 15 is 0 Å². The third-order valence-electron chi connectivity index (χ3n) is 6.28. The van der Waals surface area contributed by atoms with E-state index in [9.17, 15) is 24.6 Å². The molecular weight excluding hydrogens is 452 g/mol. The number of aryl methyl sites for hydroxylation is 2. The molecule has 4 rings (SSSR count). The molecule has 0 spiro atoms. The Hall–Kier alpha value is -4.27. The van der Waals surface area contributed by atoms with Crippen LogP contribution >= 0.6 is 0 Å². The number of hydrogen-bond acceptors (Lipinski definition) is 6. The van der Waals surface area contributed by atoms with Crippen molar-refractivity contribution >= 4 is 33.7 Å². The maximum absolute atomic E-state index is 12.7. The average Bonchev–Trinajstić information content (AvgIpc) is 3.21. The van der Waals surface area contributed by atoms with Gasteiger partial charge in [-0.2, -0.15) is 0 Å². The highest BCUT2D eigenvalue weighted by Crippen LogP contribution is 2.29. The number of nitrogens with one attached hydrogen (secondary N) is 2. The van der Waals surface area contributed by atoms with Gasteiger partial charge in [0, 0.05) is 46.5 Å². The second kappa shape index (κ2) is 9.54. The number of phenolic OH excluding ortho intramolecular Hbond substituents is 1. The van der Waals surface area contributed by atoms with E-state index in [0.29, 0.717) is 39.0 Å². The molecule has 1 atom stereocenters. The second-order valence-corrected chi connectivity index (χ2v) is 8.47. The molecule has 2 aromatic carbocycles. The van der Waals surface area contributed by atoms with Crippen LogP contribution in [0.3, 0.4) is 0 Å². The molecule has 9 nitrogen and oxygen atoms in total. The van der Waals surface area contributed by atoms with Crippen molar-refractivity contribution in [1.29, 1.82) is 0 Å². The van der Waals surface area contributed by atoms with E-state index in [1.807, 2.05) is 6.07 Å². The lowest BCUT2D eigenvalue weighted by Gasteiger charge is -2.15. The van der Waals surface area contributed by atoms with E-state index in [1.54, 1.807) is 45.4 Å². The molecule has 2 aromatic heterocycles. The quantitative estimate of drug-likeness (QED) is 0.285. The summed E-state index contributed by atoms with van der Waals surface area (Å²) in [4.78, 5) is 40.1. The van der Waals surface area contributed by atoms with Crippen molar-refractivity contribution in [3.05, 3.63) is 69.2 Å². The fourth-order valence-corrected chi connectivity index (χ4v) is 4.34. The fraction of sp³-hybridized carbons (Fsp3) is 0.269. The first-order chi connectivity index (χ1) is 16.7. The van der Waals surface area contributed by atoms with Crippen LogP contribution in [0.2, 0.25) is 0 Å². The maximum Gasteiger partial charge on any atom is 0.339 e. The van der Waals surface area contributed by atoms with Gasteiger partial charge in [0.05, 0.1) is 7.11 Å². The van der Waals surface area contributed by atoms with E-state index in [4.69, 9.17) is 9.15 Å². The molecule has 1 amide bonds. The van der Waals surface area contributed by atoms with Gasteiger partial charge in [-0.15, -0.1) is 0 Å². The third kappa shape index (κ3) is 4.70. The Morgan fingerprint density at radius 2 is 1.91 bits per heavy atom. The number of amides is 1. The zero-order chi connectivity index (χ0) is 25.3. The van der Waals surface area contributed by atoms with Gasteiger partial charge >= 0.3 is 11.6 Å². The zero-order valence-electron chi connectivity index (χ0n) is 19.6. The average molecular weight is 479 g/mol. The van der Waals surface area contributed by atoms with Crippen molar-refractivity contribution < 1.29 is 29.0 Å². The lowest BCUT2D eigenvalue weighted by molar-refractivity contribution is -0.141. The highest BCUT2D eigenvalue weighted by Gasteiger charge is 2.23. The minimum atomic E-state index is -1.18. The number of benzene rings is 2. The summed E-state index contributed by atoms with van der Waals surface area (Å²) in [5.41, 5.74) is 3.10. The number of carbonyl (C=O) groups is 2. The van der Waals surface area contributed by atoms with Crippen LogP contribution in [0.1, 0.15) is 28.7 Å². The third-order valence-corrected chi connectivity index (χ3v) is 6.28. The van der Waals surface area contributed by atoms with Crippen LogP contribution in [-0.2, 0) is 22.4 Å². The molecule has 182 valence electrons. The first-order valence-electron chi connectivity index (χ1n) is 11.1. The van der Waals surface area contributed by atoms with Gasteiger partial charge < -0.3 is 29.7 Å². The molecule has 2 heterocycles. The van der Waals surface area contributed by atoms with Gasteiger partial charge in [0.2, 0.25) is 5.91 Å². The number of phenols is 1. The molecule has 0 aliphatic rings. The molecule has 0 radical (unpaired) electrons. The van der Waals surface area contributed by atoms with Gasteiger partial charge in [0.15, 0.2) is 0 Å². The number of carboxylic acids is 1. The number of aliphatic carboxylic acids is 1. The number of methoxy groups -OCH3 is 1. The minimum absolute atomic E-state index is 0.0305. The smallest absolute Gasteiger partial charge is 0.339 e. The number of fused-ring (bicyclic) bond motifs is 2. The van der Waals surface area contributed by atoms with Crippen molar-refractivity contribution in [2.75, 3.05) is 7.11 Å². The number of ether oxygens (including phenoxy) is 1. The van der Waals surface area contributed by atoms with Crippen molar-refractivity contribution in [3.63, 3.8) is 0 Å². The predicted octanol–water partition coefficient (Wildman–Crippen LogP) is 3.35. The fourth-order valence-electron chi connectivity index (χ4n) is 4.34. The van der Waals surface area contributed by atoms with Crippen LogP contribution in [-0.4, -0.2) is 40.2 Å². The molecule has 0 unspecified atom stereocenters. The van der Waals surface area contributed by atoms with Crippen molar-refractivity contribution in [2.24, 2.45) is 0 Å². The summed E-state index contributed by atoms with van der Waals surface area (Å²) < 4.78 is 10.8. The Bertz CT molecular complexity index is 1500. The number of hydrogen-bond donors (Lipinski definition) is 4. The molecule has 0 fully saturated rings. The van der Waals surface area contributed by atoms with E-state index in [1.165, 1.54) is 6.07 Å². The SMILES string of the molecule is COc1ccc2c(C)c(CCC(=O)N[C@@H](Cc3c[nH]c4ccc(O)cc34)C(=O)O)c(=O)oc2c1C. The summed E-state index contributed by atoms with van der Waals surface area (Å²) in [5.74, 6) is -1.01. The largest absolute Gasteiger partial charge is 0.508 e. The van der Waals surface area contributed by atoms with E-state index in [-0.39, 0.29) is 25.0 Å². The van der Waals surface area contributed by atoms with Crippen LogP contribution in [0, 0.1) is 13.8 Å². The Labute approximate surface area is 200 Å². The first-order valence-corrected chi connectivity index (χ1v) is 11.1. The summed E-state index contributed by atoms with van der Waals surface area (Å²) in [7, 11) is 1.54. The summed E-state index contributed by atoms with van der Waals surface area (Å²) in [6.45, 7) is 3.60. The molecule has 0 saturated carbocycles. The highest BCUT2D eigenvalue weighted by molar-refractivity contribution is 5.88. The van der Waals surface area contributed by atoms with Gasteiger partial charge in [-0.05, 0) is 61.7 Å². The van der Waals surface area contributed by atoms with Gasteiger partial charge in [-0.1, -0.05) is 0 Å². The van der Waals surface area contributed by atoms with Crippen LogP contribution in [0.4, 0.5) is 0 Å². The molecular formula is C26H26N2O7. The minimum Gasteiger partial charge on any atom is -0.508 e. The monoisotopic (exact) mass is 478 g/mol. The van der Waals surface area contributed by atoms with Crippen molar-refractivity contribution in [2.45, 2.75) is 39.2 Å². The zero-order valence-corrected chi connectivity index (χ0v) is 19.6. The number of carbonyl (C=O) groups excluding carboxylic acids is 1. The standard InChI is InChI=1S/C26H26N2O7/c1-13-17-5-8-22(34-3)14(2)24(17)35-26(33)18(13)6-9-23(30)28-21(25(31)32)10-15-12-27-20-7-4-16(29)11-19(15)20/h4-5,7-8,11-12,21,27,29H,6,9-10H2,1-3H3,(H,28,30)(H,31,32)/t21-/m0/s1. The molecule has 0 bridgehead atoms. The molecule has 4 N–H and O–H groups in total. The van der Waals surface area contributed by atoms with Crippen molar-refractivity contribution in [1.82, 2.24) is 10.3 Å². The van der Waals surface area contributed by atoms with E-state index in [2.05, 4.69) is 10.3 Å². The Kier molecular flexibility index (Phi) is 6.50. The van der Waals surface area contributed by atoms with Crippen LogP contribution in [0.15, 0.2) is 45.7 Å². The number of aromatic amines is 1. The predicted molar refractivity (Wildman–Crippen MR) is 130 cm³/mol. The molecule has 0 saturated heterocycles. The summed E-state index contributed by atoms with van der Waals surface area (Å²) in [6.07, 6.45) is 1.72. The topological polar surface area (TPSA) is 142 Å². The van der Waals surface area contributed by atoms with Gasteiger partial charge in [0.1, 0.15) is 23.1 Å². The van der Waals surface area contributed by atoms with Crippen LogP contribution in [0.5, 0.6) is 11.5 Å². The molecule has 0 aliphatic carbocycles. The van der Waals surface area contributed by atoms with Crippen molar-refractivity contribution in [3.8, 4) is 11.5 Å². The highest BCUT2D eigenvalue weighted by atomic mass is 16.5. The Balaban J connectivity index is 1.49. The Morgan fingerprint density at radius 3 is 2.63 bits per heavy atom. The lowest BCUT2D eigenvalue weighted by Crippen LogP contribution is -2.42. The molecule has 35 heavy (non-hydrogen) atoms. The molecule has 4 aromatic rings. The van der Waals surface area contributed by atoms with Crippen LogP contribution < -0.4 is 15.7 Å². The van der Waals surface area contributed by atoms with Crippen LogP contribution in [0.25, 0.3) is 21.9 Å². The molecule has 9 heteroatoms. The normalized spacial score (nSPS) is 12.1.